The van der Waals surface area contributed by atoms with Crippen molar-refractivity contribution >= 4 is 28.5 Å². The molecular formula is C16H23IN2O2. The highest BCUT2D eigenvalue weighted by Gasteiger charge is 2.12. The molecule has 0 aromatic heterocycles. The second-order valence-electron chi connectivity index (χ2n) is 5.11. The predicted molar refractivity (Wildman–Crippen MR) is 94.5 cm³/mol. The normalized spacial score (nSPS) is 14.0. The van der Waals surface area contributed by atoms with E-state index in [2.05, 4.69) is 34.8 Å². The number of benzene rings is 1. The number of carbonyl (C=O) groups excluding carboxylic acids is 1. The van der Waals surface area contributed by atoms with Crippen LogP contribution in [-0.4, -0.2) is 43.6 Å². The average molecular weight is 402 g/mol. The summed E-state index contributed by atoms with van der Waals surface area (Å²) in [4.78, 5) is 12.9. The van der Waals surface area contributed by atoms with Gasteiger partial charge in [0.2, 0.25) is 5.91 Å². The molecule has 0 radical (unpaired) electrons. The summed E-state index contributed by atoms with van der Waals surface area (Å²) >= 11 is 2.27. The lowest BCUT2D eigenvalue weighted by Crippen LogP contribution is -2.39. The van der Waals surface area contributed by atoms with Gasteiger partial charge in [0, 0.05) is 36.3 Å². The molecule has 0 aliphatic heterocycles. The SMILES string of the molecule is CC(NCC=CC(=O)N(C)C)C(C)Oc1ccc(I)cc1. The van der Waals surface area contributed by atoms with Gasteiger partial charge in [-0.1, -0.05) is 6.08 Å². The van der Waals surface area contributed by atoms with E-state index in [0.717, 1.165) is 5.75 Å². The Balaban J connectivity index is 2.36. The van der Waals surface area contributed by atoms with Gasteiger partial charge < -0.3 is 15.0 Å². The van der Waals surface area contributed by atoms with Crippen molar-refractivity contribution < 1.29 is 9.53 Å². The molecule has 4 nitrogen and oxygen atoms in total. The Morgan fingerprint density at radius 1 is 1.33 bits per heavy atom. The maximum Gasteiger partial charge on any atom is 0.245 e. The molecule has 0 bridgehead atoms. The topological polar surface area (TPSA) is 41.6 Å². The largest absolute Gasteiger partial charge is 0.489 e. The maximum absolute atomic E-state index is 11.4. The highest BCUT2D eigenvalue weighted by Crippen LogP contribution is 2.15. The molecule has 0 heterocycles. The molecule has 1 rings (SSSR count). The summed E-state index contributed by atoms with van der Waals surface area (Å²) in [5.41, 5.74) is 0. The Labute approximate surface area is 140 Å². The summed E-state index contributed by atoms with van der Waals surface area (Å²) in [7, 11) is 3.47. The van der Waals surface area contributed by atoms with Crippen molar-refractivity contribution in [1.29, 1.82) is 0 Å². The quantitative estimate of drug-likeness (QED) is 0.564. The standard InChI is InChI=1S/C16H23IN2O2/c1-12(18-11-5-6-16(20)19(3)4)13(2)21-15-9-7-14(17)8-10-15/h5-10,12-13,18H,11H2,1-4H3. The number of hydrogen-bond acceptors (Lipinski definition) is 3. The first-order valence-electron chi connectivity index (χ1n) is 6.93. The molecule has 1 aromatic carbocycles. The number of amides is 1. The first kappa shape index (κ1) is 18.0. The Morgan fingerprint density at radius 2 is 1.95 bits per heavy atom. The molecule has 0 aliphatic rings. The monoisotopic (exact) mass is 402 g/mol. The van der Waals surface area contributed by atoms with Crippen molar-refractivity contribution in [2.75, 3.05) is 20.6 Å². The Morgan fingerprint density at radius 3 is 2.52 bits per heavy atom. The lowest BCUT2D eigenvalue weighted by Gasteiger charge is -2.22. The van der Waals surface area contributed by atoms with E-state index in [1.165, 1.54) is 3.57 Å². The summed E-state index contributed by atoms with van der Waals surface area (Å²) in [6.07, 6.45) is 3.45. The second kappa shape index (κ2) is 9.04. The number of ether oxygens (including phenoxy) is 1. The van der Waals surface area contributed by atoms with Gasteiger partial charge in [-0.2, -0.15) is 0 Å². The van der Waals surface area contributed by atoms with Gasteiger partial charge >= 0.3 is 0 Å². The van der Waals surface area contributed by atoms with Crippen LogP contribution in [0.5, 0.6) is 5.75 Å². The summed E-state index contributed by atoms with van der Waals surface area (Å²) in [6, 6.07) is 8.18. The van der Waals surface area contributed by atoms with Crippen LogP contribution < -0.4 is 10.1 Å². The fourth-order valence-corrected chi connectivity index (χ4v) is 1.92. The van der Waals surface area contributed by atoms with E-state index in [0.29, 0.717) is 6.54 Å². The van der Waals surface area contributed by atoms with E-state index in [1.54, 1.807) is 25.1 Å². The molecule has 1 aromatic rings. The van der Waals surface area contributed by atoms with Crippen LogP contribution in [0.2, 0.25) is 0 Å². The molecule has 21 heavy (non-hydrogen) atoms. The summed E-state index contributed by atoms with van der Waals surface area (Å²) in [5, 5.41) is 3.32. The molecule has 0 fully saturated rings. The van der Waals surface area contributed by atoms with Gasteiger partial charge in [0.05, 0.1) is 0 Å². The number of nitrogens with one attached hydrogen (secondary N) is 1. The zero-order chi connectivity index (χ0) is 15.8. The number of nitrogens with zero attached hydrogens (tertiary/aromatic N) is 1. The van der Waals surface area contributed by atoms with Gasteiger partial charge in [-0.3, -0.25) is 4.79 Å². The van der Waals surface area contributed by atoms with E-state index in [9.17, 15) is 4.79 Å². The molecule has 1 amide bonds. The summed E-state index contributed by atoms with van der Waals surface area (Å²) in [6.45, 7) is 4.74. The van der Waals surface area contributed by atoms with Crippen LogP contribution in [0.3, 0.4) is 0 Å². The van der Waals surface area contributed by atoms with Crippen LogP contribution in [0.1, 0.15) is 13.8 Å². The number of halogens is 1. The molecule has 116 valence electrons. The van der Waals surface area contributed by atoms with E-state index < -0.39 is 0 Å². The molecular weight excluding hydrogens is 379 g/mol. The number of hydrogen-bond donors (Lipinski definition) is 1. The molecule has 0 aliphatic carbocycles. The van der Waals surface area contributed by atoms with Crippen molar-refractivity contribution in [3.05, 3.63) is 40.0 Å². The smallest absolute Gasteiger partial charge is 0.245 e. The molecule has 1 N–H and O–H groups in total. The zero-order valence-electron chi connectivity index (χ0n) is 13.0. The van der Waals surface area contributed by atoms with Gasteiger partial charge in [-0.05, 0) is 60.7 Å². The number of rotatable bonds is 7. The molecule has 0 saturated heterocycles. The third-order valence-corrected chi connectivity index (χ3v) is 3.82. The first-order chi connectivity index (χ1) is 9.90. The van der Waals surface area contributed by atoms with E-state index in [4.69, 9.17) is 4.74 Å². The molecule has 2 unspecified atom stereocenters. The lowest BCUT2D eigenvalue weighted by molar-refractivity contribution is -0.123. The molecule has 0 spiro atoms. The van der Waals surface area contributed by atoms with Crippen molar-refractivity contribution in [3.63, 3.8) is 0 Å². The molecule has 2 atom stereocenters. The van der Waals surface area contributed by atoms with Crippen molar-refractivity contribution in [2.45, 2.75) is 26.0 Å². The Hall–Kier alpha value is -1.08. The summed E-state index contributed by atoms with van der Waals surface area (Å²) in [5.74, 6) is 0.863. The van der Waals surface area contributed by atoms with Crippen LogP contribution in [0, 0.1) is 3.57 Å². The zero-order valence-corrected chi connectivity index (χ0v) is 15.1. The Bertz CT molecular complexity index is 472. The summed E-state index contributed by atoms with van der Waals surface area (Å²) < 4.78 is 7.07. The van der Waals surface area contributed by atoms with Gasteiger partial charge in [0.15, 0.2) is 0 Å². The van der Waals surface area contributed by atoms with Gasteiger partial charge in [0.1, 0.15) is 11.9 Å². The average Bonchev–Trinajstić information content (AvgIpc) is 2.45. The van der Waals surface area contributed by atoms with Crippen LogP contribution >= 0.6 is 22.6 Å². The minimum atomic E-state index is -0.00681. The minimum Gasteiger partial charge on any atom is -0.489 e. The third kappa shape index (κ3) is 6.95. The third-order valence-electron chi connectivity index (χ3n) is 3.10. The highest BCUT2D eigenvalue weighted by atomic mass is 127. The minimum absolute atomic E-state index is 0.00681. The second-order valence-corrected chi connectivity index (χ2v) is 6.35. The Kier molecular flexibility index (Phi) is 7.74. The van der Waals surface area contributed by atoms with Crippen LogP contribution in [0.25, 0.3) is 0 Å². The van der Waals surface area contributed by atoms with E-state index in [1.807, 2.05) is 37.3 Å². The maximum atomic E-state index is 11.4. The molecule has 5 heteroatoms. The number of carbonyl (C=O) groups is 1. The van der Waals surface area contributed by atoms with Crippen molar-refractivity contribution in [2.24, 2.45) is 0 Å². The predicted octanol–water partition coefficient (Wildman–Crippen LogP) is 2.68. The van der Waals surface area contributed by atoms with Crippen molar-refractivity contribution in [1.82, 2.24) is 10.2 Å². The highest BCUT2D eigenvalue weighted by molar-refractivity contribution is 14.1. The van der Waals surface area contributed by atoms with Gasteiger partial charge in [-0.15, -0.1) is 0 Å². The van der Waals surface area contributed by atoms with Crippen LogP contribution in [0.4, 0.5) is 0 Å². The molecule has 0 saturated carbocycles. The van der Waals surface area contributed by atoms with Crippen molar-refractivity contribution in [3.8, 4) is 5.75 Å². The van der Waals surface area contributed by atoms with Gasteiger partial charge in [-0.25, -0.2) is 0 Å². The fraction of sp³-hybridized carbons (Fsp3) is 0.438. The van der Waals surface area contributed by atoms with Crippen LogP contribution in [0.15, 0.2) is 36.4 Å². The number of likely N-dealkylation sites (N-methyl/N-ethyl adjacent to an activating group) is 1. The van der Waals surface area contributed by atoms with Crippen LogP contribution in [-0.2, 0) is 4.79 Å². The first-order valence-corrected chi connectivity index (χ1v) is 8.01. The van der Waals surface area contributed by atoms with Gasteiger partial charge in [0.25, 0.3) is 0 Å². The van der Waals surface area contributed by atoms with E-state index >= 15 is 0 Å². The lowest BCUT2D eigenvalue weighted by atomic mass is 10.2. The fourth-order valence-electron chi connectivity index (χ4n) is 1.56. The van der Waals surface area contributed by atoms with E-state index in [-0.39, 0.29) is 18.1 Å².